The normalized spacial score (nSPS) is 9.50. The first kappa shape index (κ1) is 10.4. The van der Waals surface area contributed by atoms with E-state index in [4.69, 9.17) is 0 Å². The summed E-state index contributed by atoms with van der Waals surface area (Å²) >= 11 is 0. The topological polar surface area (TPSA) is 34.1 Å². The van der Waals surface area contributed by atoms with Gasteiger partial charge in [0.25, 0.3) is 0 Å². The van der Waals surface area contributed by atoms with Crippen LogP contribution in [0.1, 0.15) is 22.8 Å². The molecule has 0 amide bonds. The van der Waals surface area contributed by atoms with E-state index in [1.165, 1.54) is 6.92 Å². The number of ketones is 2. The molecule has 0 saturated heterocycles. The van der Waals surface area contributed by atoms with E-state index in [-0.39, 0.29) is 0 Å². The van der Waals surface area contributed by atoms with Crippen molar-refractivity contribution in [2.75, 3.05) is 0 Å². The van der Waals surface area contributed by atoms with E-state index in [9.17, 15) is 9.59 Å². The van der Waals surface area contributed by atoms with Crippen LogP contribution in [0.25, 0.3) is 0 Å². The zero-order valence-electron chi connectivity index (χ0n) is 8.12. The molecule has 0 fully saturated rings. The molecule has 0 atom stereocenters. The van der Waals surface area contributed by atoms with Crippen LogP contribution in [0.3, 0.4) is 0 Å². The highest BCUT2D eigenvalue weighted by atomic mass is 16.2. The van der Waals surface area contributed by atoms with Crippen molar-refractivity contribution >= 4 is 11.6 Å². The molecular weight excluding hydrogens is 176 g/mol. The molecule has 1 aromatic carbocycles. The van der Waals surface area contributed by atoms with Gasteiger partial charge in [0.2, 0.25) is 5.78 Å². The van der Waals surface area contributed by atoms with Gasteiger partial charge < -0.3 is 0 Å². The van der Waals surface area contributed by atoms with Gasteiger partial charge in [0.05, 0.1) is 0 Å². The third-order valence-corrected chi connectivity index (χ3v) is 1.92. The van der Waals surface area contributed by atoms with Gasteiger partial charge in [0.15, 0.2) is 5.78 Å². The third-order valence-electron chi connectivity index (χ3n) is 1.92. The molecule has 0 spiro atoms. The molecule has 2 nitrogen and oxygen atoms in total. The highest BCUT2D eigenvalue weighted by Gasteiger charge is 2.09. The minimum Gasteiger partial charge on any atom is -0.291 e. The van der Waals surface area contributed by atoms with Crippen molar-refractivity contribution in [2.24, 2.45) is 0 Å². The van der Waals surface area contributed by atoms with E-state index >= 15 is 0 Å². The molecule has 2 heteroatoms. The van der Waals surface area contributed by atoms with Crippen LogP contribution in [0.15, 0.2) is 36.9 Å². The highest BCUT2D eigenvalue weighted by Crippen LogP contribution is 2.06. The maximum Gasteiger partial charge on any atom is 0.228 e. The lowest BCUT2D eigenvalue weighted by Gasteiger charge is -1.99. The summed E-state index contributed by atoms with van der Waals surface area (Å²) in [5, 5.41) is 0. The molecule has 0 saturated carbocycles. The van der Waals surface area contributed by atoms with Crippen LogP contribution in [-0.2, 0) is 11.2 Å². The largest absolute Gasteiger partial charge is 0.291 e. The van der Waals surface area contributed by atoms with Crippen molar-refractivity contribution < 1.29 is 9.59 Å². The van der Waals surface area contributed by atoms with Gasteiger partial charge in [-0.15, -0.1) is 6.58 Å². The molecule has 1 aromatic rings. The maximum absolute atomic E-state index is 11.2. The summed E-state index contributed by atoms with van der Waals surface area (Å²) < 4.78 is 0. The van der Waals surface area contributed by atoms with Gasteiger partial charge in [-0.3, -0.25) is 9.59 Å². The molecule has 0 N–H and O–H groups in total. The molecule has 1 rings (SSSR count). The Hall–Kier alpha value is -1.70. The number of hydrogen-bond acceptors (Lipinski definition) is 2. The Morgan fingerprint density at radius 3 is 2.29 bits per heavy atom. The lowest BCUT2D eigenvalue weighted by molar-refractivity contribution is -0.113. The fraction of sp³-hybridized carbons (Fsp3) is 0.167. The van der Waals surface area contributed by atoms with E-state index in [1.807, 2.05) is 12.1 Å². The van der Waals surface area contributed by atoms with Crippen LogP contribution in [0.2, 0.25) is 0 Å². The summed E-state index contributed by atoms with van der Waals surface area (Å²) in [6.45, 7) is 4.90. The number of rotatable bonds is 4. The van der Waals surface area contributed by atoms with Crippen molar-refractivity contribution in [3.8, 4) is 0 Å². The predicted molar refractivity (Wildman–Crippen MR) is 55.4 cm³/mol. The fourth-order valence-corrected chi connectivity index (χ4v) is 1.16. The Kier molecular flexibility index (Phi) is 3.35. The Bertz CT molecular complexity index is 360. The highest BCUT2D eigenvalue weighted by molar-refractivity contribution is 6.42. The van der Waals surface area contributed by atoms with E-state index in [0.29, 0.717) is 5.56 Å². The number of hydrogen-bond donors (Lipinski definition) is 0. The summed E-state index contributed by atoms with van der Waals surface area (Å²) in [6.07, 6.45) is 2.57. The molecule has 72 valence electrons. The Balaban J connectivity index is 2.88. The summed E-state index contributed by atoms with van der Waals surface area (Å²) in [4.78, 5) is 22.0. The summed E-state index contributed by atoms with van der Waals surface area (Å²) in [7, 11) is 0. The number of carbonyl (C=O) groups excluding carboxylic acids is 2. The minimum absolute atomic E-state index is 0.429. The number of allylic oxidation sites excluding steroid dienone is 1. The zero-order valence-corrected chi connectivity index (χ0v) is 8.12. The molecule has 0 heterocycles. The van der Waals surface area contributed by atoms with Gasteiger partial charge in [0.1, 0.15) is 0 Å². The Morgan fingerprint density at radius 2 is 1.86 bits per heavy atom. The summed E-state index contributed by atoms with van der Waals surface area (Å²) in [5.41, 5.74) is 1.53. The third kappa shape index (κ3) is 2.39. The molecule has 0 aliphatic rings. The molecule has 0 aromatic heterocycles. The lowest BCUT2D eigenvalue weighted by Crippen LogP contribution is -2.09. The van der Waals surface area contributed by atoms with Crippen LogP contribution in [0.4, 0.5) is 0 Å². The second-order valence-electron chi connectivity index (χ2n) is 3.08. The van der Waals surface area contributed by atoms with Gasteiger partial charge in [-0.05, 0) is 12.0 Å². The molecule has 0 aliphatic carbocycles. The van der Waals surface area contributed by atoms with Crippen LogP contribution in [-0.4, -0.2) is 11.6 Å². The fourth-order valence-electron chi connectivity index (χ4n) is 1.16. The van der Waals surface area contributed by atoms with Crippen molar-refractivity contribution in [2.45, 2.75) is 13.3 Å². The molecular formula is C12H12O2. The summed E-state index contributed by atoms with van der Waals surface area (Å²) in [5.74, 6) is -0.864. The van der Waals surface area contributed by atoms with E-state index < -0.39 is 11.6 Å². The first-order chi connectivity index (χ1) is 6.65. The van der Waals surface area contributed by atoms with Gasteiger partial charge in [-0.1, -0.05) is 30.3 Å². The number of carbonyl (C=O) groups is 2. The van der Waals surface area contributed by atoms with Crippen molar-refractivity contribution in [3.63, 3.8) is 0 Å². The molecule has 0 bridgehead atoms. The van der Waals surface area contributed by atoms with Gasteiger partial charge in [0, 0.05) is 12.5 Å². The van der Waals surface area contributed by atoms with E-state index in [2.05, 4.69) is 6.58 Å². The van der Waals surface area contributed by atoms with E-state index in [0.717, 1.165) is 12.0 Å². The number of benzene rings is 1. The zero-order chi connectivity index (χ0) is 10.6. The van der Waals surface area contributed by atoms with Crippen molar-refractivity contribution in [1.29, 1.82) is 0 Å². The molecule has 0 unspecified atom stereocenters. The van der Waals surface area contributed by atoms with Crippen molar-refractivity contribution in [1.82, 2.24) is 0 Å². The number of Topliss-reactive ketones (excluding diaryl/α,β-unsaturated/α-hetero) is 2. The standard InChI is InChI=1S/C12H12O2/c1-3-4-10-5-7-11(8-6-10)12(14)9(2)13/h3,5-8H,1,4H2,2H3. The van der Waals surface area contributed by atoms with Crippen LogP contribution in [0.5, 0.6) is 0 Å². The van der Waals surface area contributed by atoms with E-state index in [1.54, 1.807) is 18.2 Å². The first-order valence-corrected chi connectivity index (χ1v) is 4.40. The second-order valence-corrected chi connectivity index (χ2v) is 3.08. The Morgan fingerprint density at radius 1 is 1.29 bits per heavy atom. The average molecular weight is 188 g/mol. The van der Waals surface area contributed by atoms with Gasteiger partial charge in [-0.2, -0.15) is 0 Å². The van der Waals surface area contributed by atoms with Crippen LogP contribution >= 0.6 is 0 Å². The molecule has 0 aliphatic heterocycles. The predicted octanol–water partition coefficient (Wildman–Crippen LogP) is 2.19. The van der Waals surface area contributed by atoms with Gasteiger partial charge in [-0.25, -0.2) is 0 Å². The Labute approximate surface area is 83.3 Å². The van der Waals surface area contributed by atoms with Crippen molar-refractivity contribution in [3.05, 3.63) is 48.0 Å². The monoisotopic (exact) mass is 188 g/mol. The minimum atomic E-state index is -0.435. The molecule has 0 radical (unpaired) electrons. The van der Waals surface area contributed by atoms with Gasteiger partial charge >= 0.3 is 0 Å². The smallest absolute Gasteiger partial charge is 0.228 e. The van der Waals surface area contributed by atoms with Crippen LogP contribution in [0, 0.1) is 0 Å². The second kappa shape index (κ2) is 4.51. The SMILES string of the molecule is C=CCc1ccc(C(=O)C(C)=O)cc1. The quantitative estimate of drug-likeness (QED) is 0.412. The lowest BCUT2D eigenvalue weighted by atomic mass is 10.0. The maximum atomic E-state index is 11.2. The first-order valence-electron chi connectivity index (χ1n) is 4.40. The van der Waals surface area contributed by atoms with Crippen LogP contribution < -0.4 is 0 Å². The average Bonchev–Trinajstić information content (AvgIpc) is 2.18. The molecule has 14 heavy (non-hydrogen) atoms. The summed E-state index contributed by atoms with van der Waals surface area (Å²) in [6, 6.07) is 7.00.